The number of nitrogens with zero attached hydrogens (tertiary/aromatic N) is 2. The normalized spacial score (nSPS) is 11.0. The van der Waals surface area contributed by atoms with Crippen LogP contribution in [-0.2, 0) is 22.4 Å². The van der Waals surface area contributed by atoms with Gasteiger partial charge in [0.05, 0.1) is 5.69 Å². The molecule has 2 heterocycles. The Morgan fingerprint density at radius 2 is 0.960 bits per heavy atom. The van der Waals surface area contributed by atoms with E-state index >= 15 is 0 Å². The van der Waals surface area contributed by atoms with Gasteiger partial charge in [0, 0.05) is 35.1 Å². The Hall–Kier alpha value is -0.421. The van der Waals surface area contributed by atoms with E-state index < -0.39 is 30.3 Å². The molecule has 0 saturated carbocycles. The summed E-state index contributed by atoms with van der Waals surface area (Å²) in [7, 11) is 0. The predicted octanol–water partition coefficient (Wildman–Crippen LogP) is 7.69. The standard InChI is InChI=1S/C13H20INO3.C13H20NO3.3C4H9.HI.H2O.Sn/c14-12-10-11(15-18-12)8-6-4-2-1-3-5-7-9-13(16)17;15-13(16)9-7-5-3-1-2-4-6-8-12-10-11-17-14-12;3*1-3-4-2;;;/h10H,1-9H2,(H,16,17);10H,1-9H2,(H,15,16);3*1,3-4H2,2H3;1H;1H2;/p-1. The van der Waals surface area contributed by atoms with Crippen LogP contribution in [0, 0.1) is 3.77 Å². The van der Waals surface area contributed by atoms with Crippen molar-refractivity contribution in [3.63, 3.8) is 0 Å². The number of rotatable bonds is 30. The minimum absolute atomic E-state index is 0. The molecule has 0 spiro atoms. The molecule has 0 amide bonds. The molecule has 2 aromatic rings. The van der Waals surface area contributed by atoms with Crippen LogP contribution < -0.4 is 27.8 Å². The van der Waals surface area contributed by atoms with Crippen molar-refractivity contribution in [2.24, 2.45) is 0 Å². The Bertz CT molecular complexity index is 1060. The number of hydrogen-bond donors (Lipinski definition) is 2. The Labute approximate surface area is 338 Å². The monoisotopic (exact) mass is 1040 g/mol. The molecule has 2 aromatic heterocycles. The maximum atomic E-state index is 10.5. The van der Waals surface area contributed by atoms with Crippen LogP contribution >= 0.6 is 22.6 Å². The van der Waals surface area contributed by atoms with Gasteiger partial charge in [-0.05, 0) is 19.3 Å². The molecule has 0 fully saturated rings. The van der Waals surface area contributed by atoms with Crippen molar-refractivity contribution < 1.29 is 58.3 Å². The summed E-state index contributed by atoms with van der Waals surface area (Å²) < 4.78 is 17.6. The smallest absolute Gasteiger partial charge is 0.303 e. The third-order valence-electron chi connectivity index (χ3n) is 9.29. The largest absolute Gasteiger partial charge is 1.00 e. The first-order valence-electron chi connectivity index (χ1n) is 19.3. The van der Waals surface area contributed by atoms with Gasteiger partial charge in [-0.1, -0.05) is 37.3 Å². The number of aromatic nitrogens is 2. The van der Waals surface area contributed by atoms with Gasteiger partial charge < -0.3 is 44.2 Å². The van der Waals surface area contributed by atoms with E-state index in [2.05, 4.69) is 59.7 Å². The summed E-state index contributed by atoms with van der Waals surface area (Å²) in [5.41, 5.74) is 2.22. The number of carboxylic acids is 2. The van der Waals surface area contributed by atoms with Crippen molar-refractivity contribution in [2.45, 2.75) is 188 Å². The van der Waals surface area contributed by atoms with Crippen LogP contribution in [0.4, 0.5) is 0 Å². The molecule has 4 N–H and O–H groups in total. The topological polar surface area (TPSA) is 158 Å². The second-order valence-corrected chi connectivity index (χ2v) is 27.7. The SMILES string of the molecule is CCC[CH2][Sn]([CH2]CCC)([CH2]CCC)[c]1cc(CCCCCCCCCC(=O)O)no1.O.O=C(O)CCCCCCCCCc1cc(I)on1.[I-]. The number of hydrogen-bond acceptors (Lipinski definition) is 6. The van der Waals surface area contributed by atoms with Crippen LogP contribution in [0.25, 0.3) is 0 Å². The Balaban J connectivity index is 0. The Morgan fingerprint density at radius 3 is 1.32 bits per heavy atom. The summed E-state index contributed by atoms with van der Waals surface area (Å²) in [6.07, 6.45) is 26.3. The van der Waals surface area contributed by atoms with Gasteiger partial charge in [-0.15, -0.1) is 0 Å². The average molecular weight is 1040 g/mol. The fourth-order valence-electron chi connectivity index (χ4n) is 6.31. The van der Waals surface area contributed by atoms with Crippen molar-refractivity contribution in [3.8, 4) is 0 Å². The molecule has 0 unspecified atom stereocenters. The van der Waals surface area contributed by atoms with Crippen molar-refractivity contribution in [1.29, 1.82) is 0 Å². The van der Waals surface area contributed by atoms with Crippen LogP contribution in [0.2, 0.25) is 13.3 Å². The second-order valence-electron chi connectivity index (χ2n) is 13.6. The molecule has 2 rings (SSSR count). The summed E-state index contributed by atoms with van der Waals surface area (Å²) in [4.78, 5) is 20.8. The average Bonchev–Trinajstić information content (AvgIpc) is 3.72. The molecule has 50 heavy (non-hydrogen) atoms. The van der Waals surface area contributed by atoms with Gasteiger partial charge in [0.25, 0.3) is 0 Å². The molecule has 0 radical (unpaired) electrons. The molecule has 292 valence electrons. The molecule has 0 aliphatic rings. The molecule has 0 bridgehead atoms. The summed E-state index contributed by atoms with van der Waals surface area (Å²) >= 11 is -0.340. The fraction of sp³-hybridized carbons (Fsp3) is 0.789. The van der Waals surface area contributed by atoms with Crippen LogP contribution in [0.15, 0.2) is 21.2 Å². The van der Waals surface area contributed by atoms with E-state index in [1.54, 1.807) is 0 Å². The zero-order chi connectivity index (χ0) is 35.3. The molecule has 12 heteroatoms. The Morgan fingerprint density at radius 1 is 0.600 bits per heavy atom. The summed E-state index contributed by atoms with van der Waals surface area (Å²) in [5.74, 6) is -1.35. The number of aliphatic carboxylic acids is 2. The third-order valence-corrected chi connectivity index (χ3v) is 24.7. The molecule has 0 aromatic carbocycles. The molecule has 0 atom stereocenters. The van der Waals surface area contributed by atoms with E-state index in [-0.39, 0.29) is 29.5 Å². The first-order valence-corrected chi connectivity index (χ1v) is 27.8. The number of halogens is 2. The van der Waals surface area contributed by atoms with Crippen LogP contribution in [0.1, 0.15) is 173 Å². The number of unbranched alkanes of at least 4 members (excludes halogenated alkanes) is 15. The van der Waals surface area contributed by atoms with Gasteiger partial charge in [0.15, 0.2) is 3.77 Å². The fourth-order valence-corrected chi connectivity index (χ4v) is 21.9. The van der Waals surface area contributed by atoms with Gasteiger partial charge in [-0.3, -0.25) is 9.59 Å². The number of carbonyl (C=O) groups is 2. The molecular formula is C38H69I2N2O7Sn-. The molecular weight excluding hydrogens is 969 g/mol. The maximum absolute atomic E-state index is 10.5. The molecule has 0 aliphatic heterocycles. The summed E-state index contributed by atoms with van der Waals surface area (Å²) in [6.45, 7) is 6.94. The molecule has 0 aliphatic carbocycles. The van der Waals surface area contributed by atoms with Crippen LogP contribution in [0.3, 0.4) is 0 Å². The molecule has 0 saturated heterocycles. The van der Waals surface area contributed by atoms with Gasteiger partial charge in [0.1, 0.15) is 0 Å². The number of aryl methyl sites for hydroxylation is 2. The first-order chi connectivity index (χ1) is 23.3. The van der Waals surface area contributed by atoms with Crippen LogP contribution in [0.5, 0.6) is 0 Å². The van der Waals surface area contributed by atoms with Gasteiger partial charge >= 0.3 is 186 Å². The van der Waals surface area contributed by atoms with Gasteiger partial charge in [-0.25, -0.2) is 0 Å². The first kappa shape index (κ1) is 51.7. The van der Waals surface area contributed by atoms with E-state index in [1.807, 2.05) is 6.07 Å². The number of carboxylic acid groups (broad SMARTS) is 2. The van der Waals surface area contributed by atoms with E-state index in [9.17, 15) is 9.59 Å². The zero-order valence-electron chi connectivity index (χ0n) is 31.4. The van der Waals surface area contributed by atoms with Crippen molar-refractivity contribution in [1.82, 2.24) is 10.3 Å². The minimum Gasteiger partial charge on any atom is -1.00 e. The van der Waals surface area contributed by atoms with E-state index in [1.165, 1.54) is 106 Å². The van der Waals surface area contributed by atoms with E-state index in [0.717, 1.165) is 67.2 Å². The van der Waals surface area contributed by atoms with Gasteiger partial charge in [-0.2, -0.15) is 0 Å². The maximum Gasteiger partial charge on any atom is 0.303 e. The summed E-state index contributed by atoms with van der Waals surface area (Å²) in [6, 6.07) is 4.34. The second kappa shape index (κ2) is 34.4. The van der Waals surface area contributed by atoms with Crippen molar-refractivity contribution in [3.05, 3.63) is 27.3 Å². The van der Waals surface area contributed by atoms with Crippen molar-refractivity contribution in [2.75, 3.05) is 0 Å². The van der Waals surface area contributed by atoms with E-state index in [4.69, 9.17) is 19.3 Å². The van der Waals surface area contributed by atoms with Crippen LogP contribution in [-0.4, -0.2) is 56.3 Å². The predicted molar refractivity (Wildman–Crippen MR) is 210 cm³/mol. The molecule has 9 nitrogen and oxygen atoms in total. The minimum atomic E-state index is -2.46. The van der Waals surface area contributed by atoms with Crippen molar-refractivity contribution >= 4 is 56.7 Å². The van der Waals surface area contributed by atoms with Gasteiger partial charge in [0.2, 0.25) is 0 Å². The van der Waals surface area contributed by atoms with E-state index in [0.29, 0.717) is 12.8 Å². The third kappa shape index (κ3) is 26.4. The zero-order valence-corrected chi connectivity index (χ0v) is 38.6. The quantitative estimate of drug-likeness (QED) is 0.0459. The Kier molecular flexibility index (Phi) is 35.5. The summed E-state index contributed by atoms with van der Waals surface area (Å²) in [5, 5.41) is 25.6.